The largest absolute Gasteiger partial charge is 0.497 e. The van der Waals surface area contributed by atoms with Crippen LogP contribution in [0.3, 0.4) is 0 Å². The lowest BCUT2D eigenvalue weighted by molar-refractivity contribution is 0.339. The highest BCUT2D eigenvalue weighted by Crippen LogP contribution is 2.36. The zero-order chi connectivity index (χ0) is 20.0. The van der Waals surface area contributed by atoms with Crippen LogP contribution in [0, 0.1) is 0 Å². The van der Waals surface area contributed by atoms with Crippen LogP contribution in [0.2, 0.25) is 0 Å². The molecule has 1 aromatic heterocycles. The standard InChI is InChI=1S/C19H28N4O3S2/c1-26-17-11-9-15(10-12-17)18-21-22-19(23(18)16-7-4-3-5-8-16)27-14-6-13-20-28(2,24)25/h9-12,16,20H,3-8,13-14H2,1-2H3. The van der Waals surface area contributed by atoms with E-state index >= 15 is 0 Å². The van der Waals surface area contributed by atoms with E-state index in [0.29, 0.717) is 12.6 Å². The van der Waals surface area contributed by atoms with E-state index in [1.54, 1.807) is 18.9 Å². The summed E-state index contributed by atoms with van der Waals surface area (Å²) >= 11 is 1.64. The Labute approximate surface area is 171 Å². The number of nitrogens with one attached hydrogen (secondary N) is 1. The molecule has 1 heterocycles. The molecule has 0 aliphatic heterocycles. The topological polar surface area (TPSA) is 86.1 Å². The van der Waals surface area contributed by atoms with Crippen molar-refractivity contribution in [1.29, 1.82) is 0 Å². The van der Waals surface area contributed by atoms with Crippen LogP contribution in [-0.2, 0) is 10.0 Å². The Morgan fingerprint density at radius 3 is 2.54 bits per heavy atom. The molecule has 1 saturated carbocycles. The molecule has 28 heavy (non-hydrogen) atoms. The molecule has 1 aromatic carbocycles. The molecule has 1 fully saturated rings. The minimum Gasteiger partial charge on any atom is -0.497 e. The van der Waals surface area contributed by atoms with Crippen LogP contribution in [0.1, 0.15) is 44.6 Å². The first-order valence-corrected chi connectivity index (χ1v) is 12.5. The van der Waals surface area contributed by atoms with Gasteiger partial charge in [0.2, 0.25) is 10.0 Å². The summed E-state index contributed by atoms with van der Waals surface area (Å²) in [6.45, 7) is 0.439. The van der Waals surface area contributed by atoms with Crippen LogP contribution in [0.15, 0.2) is 29.4 Å². The van der Waals surface area contributed by atoms with Crippen molar-refractivity contribution in [2.75, 3.05) is 25.7 Å². The Kier molecular flexibility index (Phi) is 7.36. The molecule has 3 rings (SSSR count). The highest BCUT2D eigenvalue weighted by Gasteiger charge is 2.23. The molecule has 1 aliphatic rings. The Balaban J connectivity index is 1.76. The number of ether oxygens (including phenoxy) is 1. The van der Waals surface area contributed by atoms with Gasteiger partial charge in [-0.1, -0.05) is 31.0 Å². The summed E-state index contributed by atoms with van der Waals surface area (Å²) in [6, 6.07) is 8.34. The van der Waals surface area contributed by atoms with Gasteiger partial charge in [-0.2, -0.15) is 0 Å². The van der Waals surface area contributed by atoms with Crippen molar-refractivity contribution in [3.8, 4) is 17.1 Å². The van der Waals surface area contributed by atoms with Crippen LogP contribution < -0.4 is 9.46 Å². The van der Waals surface area contributed by atoms with Crippen LogP contribution in [-0.4, -0.2) is 48.8 Å². The fraction of sp³-hybridized carbons (Fsp3) is 0.579. The maximum Gasteiger partial charge on any atom is 0.208 e. The molecule has 2 aromatic rings. The summed E-state index contributed by atoms with van der Waals surface area (Å²) in [5, 5.41) is 9.87. The molecule has 0 saturated heterocycles. The first-order valence-electron chi connectivity index (χ1n) is 9.64. The van der Waals surface area contributed by atoms with E-state index in [4.69, 9.17) is 4.74 Å². The predicted molar refractivity (Wildman–Crippen MR) is 112 cm³/mol. The van der Waals surface area contributed by atoms with Gasteiger partial charge in [-0.25, -0.2) is 13.1 Å². The Hall–Kier alpha value is -1.58. The Morgan fingerprint density at radius 1 is 1.18 bits per heavy atom. The van der Waals surface area contributed by atoms with Crippen molar-refractivity contribution in [1.82, 2.24) is 19.5 Å². The quantitative estimate of drug-likeness (QED) is 0.490. The van der Waals surface area contributed by atoms with Gasteiger partial charge >= 0.3 is 0 Å². The van der Waals surface area contributed by atoms with Gasteiger partial charge in [0.1, 0.15) is 5.75 Å². The molecule has 1 aliphatic carbocycles. The highest BCUT2D eigenvalue weighted by molar-refractivity contribution is 7.99. The first kappa shape index (κ1) is 21.1. The van der Waals surface area contributed by atoms with Crippen molar-refractivity contribution in [3.05, 3.63) is 24.3 Å². The van der Waals surface area contributed by atoms with Crippen molar-refractivity contribution in [3.63, 3.8) is 0 Å². The average Bonchev–Trinajstić information content (AvgIpc) is 3.11. The number of thioether (sulfide) groups is 1. The lowest BCUT2D eigenvalue weighted by Gasteiger charge is -2.25. The van der Waals surface area contributed by atoms with Gasteiger partial charge in [-0.15, -0.1) is 10.2 Å². The number of methoxy groups -OCH3 is 1. The van der Waals surface area contributed by atoms with E-state index in [1.807, 2.05) is 24.3 Å². The molecular formula is C19H28N4O3S2. The average molecular weight is 425 g/mol. The number of sulfonamides is 1. The minimum atomic E-state index is -3.13. The van der Waals surface area contributed by atoms with Gasteiger partial charge in [0, 0.05) is 23.9 Å². The van der Waals surface area contributed by atoms with Gasteiger partial charge < -0.3 is 4.74 Å². The minimum absolute atomic E-state index is 0.414. The van der Waals surface area contributed by atoms with Crippen molar-refractivity contribution in [2.24, 2.45) is 0 Å². The van der Waals surface area contributed by atoms with Gasteiger partial charge in [0.05, 0.1) is 13.4 Å². The van der Waals surface area contributed by atoms with E-state index < -0.39 is 10.0 Å². The third kappa shape index (κ3) is 5.71. The fourth-order valence-corrected chi connectivity index (χ4v) is 4.93. The zero-order valence-corrected chi connectivity index (χ0v) is 18.1. The summed E-state index contributed by atoms with van der Waals surface area (Å²) in [4.78, 5) is 0. The normalized spacial score (nSPS) is 15.6. The molecule has 1 N–H and O–H groups in total. The molecular weight excluding hydrogens is 396 g/mol. The fourth-order valence-electron chi connectivity index (χ4n) is 3.47. The third-order valence-electron chi connectivity index (χ3n) is 4.87. The lowest BCUT2D eigenvalue weighted by Crippen LogP contribution is -2.23. The number of rotatable bonds is 9. The third-order valence-corrected chi connectivity index (χ3v) is 6.63. The smallest absolute Gasteiger partial charge is 0.208 e. The molecule has 154 valence electrons. The van der Waals surface area contributed by atoms with Crippen molar-refractivity contribution in [2.45, 2.75) is 49.7 Å². The number of benzene rings is 1. The summed E-state index contributed by atoms with van der Waals surface area (Å²) in [6.07, 6.45) is 7.96. The monoisotopic (exact) mass is 424 g/mol. The SMILES string of the molecule is COc1ccc(-c2nnc(SCCCNS(C)(=O)=O)n2C2CCCCC2)cc1. The first-order chi connectivity index (χ1) is 13.5. The van der Waals surface area contributed by atoms with Crippen molar-refractivity contribution >= 4 is 21.8 Å². The number of hydrogen-bond acceptors (Lipinski definition) is 6. The zero-order valence-electron chi connectivity index (χ0n) is 16.4. The van der Waals surface area contributed by atoms with E-state index in [9.17, 15) is 8.42 Å². The molecule has 0 atom stereocenters. The molecule has 0 bridgehead atoms. The second-order valence-electron chi connectivity index (χ2n) is 7.07. The number of nitrogens with zero attached hydrogens (tertiary/aromatic N) is 3. The summed E-state index contributed by atoms with van der Waals surface area (Å²) in [5.74, 6) is 2.50. The van der Waals surface area contributed by atoms with Crippen LogP contribution >= 0.6 is 11.8 Å². The molecule has 9 heteroatoms. The van der Waals surface area contributed by atoms with Crippen molar-refractivity contribution < 1.29 is 13.2 Å². The van der Waals surface area contributed by atoms with Gasteiger partial charge in [-0.3, -0.25) is 4.57 Å². The second kappa shape index (κ2) is 9.76. The Bertz CT molecular complexity index is 860. The van der Waals surface area contributed by atoms with Gasteiger partial charge in [0.25, 0.3) is 0 Å². The van der Waals surface area contributed by atoms with E-state index in [1.165, 1.54) is 25.5 Å². The van der Waals surface area contributed by atoms with Crippen LogP contribution in [0.5, 0.6) is 5.75 Å². The summed E-state index contributed by atoms with van der Waals surface area (Å²) in [5.41, 5.74) is 1.03. The maximum atomic E-state index is 11.2. The molecule has 0 radical (unpaired) electrons. The molecule has 0 spiro atoms. The van der Waals surface area contributed by atoms with Crippen LogP contribution in [0.25, 0.3) is 11.4 Å². The predicted octanol–water partition coefficient (Wildman–Crippen LogP) is 3.49. The van der Waals surface area contributed by atoms with E-state index in [0.717, 1.165) is 47.3 Å². The van der Waals surface area contributed by atoms with Crippen LogP contribution in [0.4, 0.5) is 0 Å². The summed E-state index contributed by atoms with van der Waals surface area (Å²) < 4.78 is 32.4. The molecule has 0 unspecified atom stereocenters. The Morgan fingerprint density at radius 2 is 1.89 bits per heavy atom. The number of aromatic nitrogens is 3. The maximum absolute atomic E-state index is 11.2. The van der Waals surface area contributed by atoms with Gasteiger partial charge in [0.15, 0.2) is 11.0 Å². The van der Waals surface area contributed by atoms with E-state index in [2.05, 4.69) is 19.5 Å². The molecule has 7 nitrogen and oxygen atoms in total. The number of hydrogen-bond donors (Lipinski definition) is 1. The molecule has 0 amide bonds. The summed E-state index contributed by atoms with van der Waals surface area (Å²) in [7, 11) is -1.48. The van der Waals surface area contributed by atoms with Gasteiger partial charge in [-0.05, 0) is 43.5 Å². The highest BCUT2D eigenvalue weighted by atomic mass is 32.2. The second-order valence-corrected chi connectivity index (χ2v) is 9.96. The van der Waals surface area contributed by atoms with E-state index in [-0.39, 0.29) is 0 Å². The lowest BCUT2D eigenvalue weighted by atomic mass is 9.95.